The summed E-state index contributed by atoms with van der Waals surface area (Å²) >= 11 is 0. The van der Waals surface area contributed by atoms with Crippen molar-refractivity contribution >= 4 is 11.5 Å². The van der Waals surface area contributed by atoms with E-state index in [0.29, 0.717) is 18.2 Å². The van der Waals surface area contributed by atoms with Gasteiger partial charge in [-0.15, -0.1) is 0 Å². The molecule has 6 heteroatoms. The lowest BCUT2D eigenvalue weighted by Gasteiger charge is -2.38. The third-order valence-electron chi connectivity index (χ3n) is 6.92. The van der Waals surface area contributed by atoms with Gasteiger partial charge in [0, 0.05) is 41.5 Å². The van der Waals surface area contributed by atoms with Gasteiger partial charge in [-0.05, 0) is 48.6 Å². The summed E-state index contributed by atoms with van der Waals surface area (Å²) in [7, 11) is 0. The van der Waals surface area contributed by atoms with Gasteiger partial charge in [0.2, 0.25) is 5.95 Å². The van der Waals surface area contributed by atoms with Crippen LogP contribution in [0.2, 0.25) is 0 Å². The second kappa shape index (κ2) is 9.20. The molecule has 3 heterocycles. The molecule has 0 spiro atoms. The number of nitrogens with one attached hydrogen (secondary N) is 1. The van der Waals surface area contributed by atoms with E-state index in [0.717, 1.165) is 54.1 Å². The molecule has 5 rings (SSSR count). The van der Waals surface area contributed by atoms with Crippen LogP contribution in [0, 0.1) is 5.95 Å². The number of hydrogen-bond donors (Lipinski definition) is 2. The maximum atomic E-state index is 14.9. The molecule has 2 aliphatic rings. The first-order chi connectivity index (χ1) is 16.4. The number of halogens is 1. The largest absolute Gasteiger partial charge is 0.385 e. The van der Waals surface area contributed by atoms with Crippen molar-refractivity contribution in [3.05, 3.63) is 77.7 Å². The van der Waals surface area contributed by atoms with Crippen molar-refractivity contribution in [1.82, 2.24) is 15.2 Å². The molecule has 0 bridgehead atoms. The van der Waals surface area contributed by atoms with E-state index in [1.807, 2.05) is 30.3 Å². The van der Waals surface area contributed by atoms with Gasteiger partial charge in [0.15, 0.2) is 0 Å². The Bertz CT molecular complexity index is 1220. The maximum Gasteiger partial charge on any atom is 0.222 e. The summed E-state index contributed by atoms with van der Waals surface area (Å²) in [5.74, 6) is -0.369. The molecule has 1 aromatic heterocycles. The van der Waals surface area contributed by atoms with E-state index in [2.05, 4.69) is 53.8 Å². The first kappa shape index (κ1) is 22.6. The quantitative estimate of drug-likeness (QED) is 0.537. The van der Waals surface area contributed by atoms with Crippen LogP contribution in [0.1, 0.15) is 36.6 Å². The molecule has 1 unspecified atom stereocenters. The van der Waals surface area contributed by atoms with Crippen LogP contribution in [0.25, 0.3) is 28.0 Å². The van der Waals surface area contributed by atoms with E-state index in [1.54, 1.807) is 0 Å². The number of pyridine rings is 1. The van der Waals surface area contributed by atoms with Gasteiger partial charge in [-0.3, -0.25) is 4.90 Å². The van der Waals surface area contributed by atoms with E-state index in [-0.39, 0.29) is 11.9 Å². The number of benzene rings is 2. The molecule has 0 saturated carbocycles. The lowest BCUT2D eigenvalue weighted by atomic mass is 9.93. The predicted molar refractivity (Wildman–Crippen MR) is 136 cm³/mol. The minimum absolute atomic E-state index is 0.192. The van der Waals surface area contributed by atoms with Crippen LogP contribution in [-0.2, 0) is 11.2 Å². The van der Waals surface area contributed by atoms with Gasteiger partial charge < -0.3 is 15.8 Å². The second-order valence-electron chi connectivity index (χ2n) is 9.33. The molecule has 5 nitrogen and oxygen atoms in total. The number of anilines is 1. The zero-order valence-electron chi connectivity index (χ0n) is 19.8. The molecule has 1 saturated heterocycles. The van der Waals surface area contributed by atoms with Crippen LogP contribution >= 0.6 is 0 Å². The van der Waals surface area contributed by atoms with Crippen LogP contribution in [0.4, 0.5) is 10.2 Å². The van der Waals surface area contributed by atoms with Crippen molar-refractivity contribution in [3.8, 4) is 22.3 Å². The van der Waals surface area contributed by atoms with Gasteiger partial charge in [-0.25, -0.2) is 4.98 Å². The Morgan fingerprint density at radius 3 is 2.62 bits per heavy atom. The fourth-order valence-electron chi connectivity index (χ4n) is 5.05. The Balaban J connectivity index is 1.48. The number of fused-ring (bicyclic) bond motifs is 1. The summed E-state index contributed by atoms with van der Waals surface area (Å²) < 4.78 is 20.7. The highest BCUT2D eigenvalue weighted by Gasteiger charge is 2.26. The van der Waals surface area contributed by atoms with Crippen molar-refractivity contribution in [2.24, 2.45) is 0 Å². The summed E-state index contributed by atoms with van der Waals surface area (Å²) in [6.45, 7) is 11.7. The average Bonchev–Trinajstić information content (AvgIpc) is 2.84. The first-order valence-corrected chi connectivity index (χ1v) is 11.9. The average molecular weight is 459 g/mol. The summed E-state index contributed by atoms with van der Waals surface area (Å²) in [5, 5.41) is 3.29. The fraction of sp³-hybridized carbons (Fsp3) is 0.321. The predicted octanol–water partition coefficient (Wildman–Crippen LogP) is 5.04. The number of nitrogen functional groups attached to an aromatic ring is 1. The number of morpholine rings is 1. The monoisotopic (exact) mass is 458 g/mol. The van der Waals surface area contributed by atoms with Crippen molar-refractivity contribution in [3.63, 3.8) is 0 Å². The van der Waals surface area contributed by atoms with Crippen LogP contribution < -0.4 is 11.1 Å². The number of rotatable bonds is 4. The molecule has 0 amide bonds. The van der Waals surface area contributed by atoms with Gasteiger partial charge in [-0.1, -0.05) is 49.0 Å². The van der Waals surface area contributed by atoms with Crippen molar-refractivity contribution in [2.45, 2.75) is 32.4 Å². The van der Waals surface area contributed by atoms with Crippen LogP contribution in [-0.4, -0.2) is 42.2 Å². The minimum atomic E-state index is -0.561. The van der Waals surface area contributed by atoms with Crippen LogP contribution in [0.3, 0.4) is 0 Å². The maximum absolute atomic E-state index is 14.9. The van der Waals surface area contributed by atoms with E-state index in [1.165, 1.54) is 11.1 Å². The molecule has 2 aromatic carbocycles. The van der Waals surface area contributed by atoms with E-state index < -0.39 is 5.95 Å². The van der Waals surface area contributed by atoms with Crippen molar-refractivity contribution in [1.29, 1.82) is 0 Å². The molecular formula is C28H31FN4O. The molecule has 2 aliphatic heterocycles. The number of nitrogens with two attached hydrogens (primary N) is 1. The molecule has 34 heavy (non-hydrogen) atoms. The Morgan fingerprint density at radius 1 is 1.09 bits per heavy atom. The molecule has 176 valence electrons. The van der Waals surface area contributed by atoms with E-state index in [9.17, 15) is 4.39 Å². The molecule has 1 atom stereocenters. The Kier molecular flexibility index (Phi) is 6.11. The summed E-state index contributed by atoms with van der Waals surface area (Å²) in [4.78, 5) is 6.50. The highest BCUT2D eigenvalue weighted by atomic mass is 19.1. The zero-order chi connectivity index (χ0) is 23.8. The number of nitrogens with zero attached hydrogens (tertiary/aromatic N) is 2. The molecule has 3 aromatic rings. The van der Waals surface area contributed by atoms with Gasteiger partial charge in [0.05, 0.1) is 19.3 Å². The number of aromatic nitrogens is 1. The Labute approximate surface area is 200 Å². The molecule has 0 radical (unpaired) electrons. The van der Waals surface area contributed by atoms with Crippen LogP contribution in [0.5, 0.6) is 0 Å². The highest BCUT2D eigenvalue weighted by molar-refractivity contribution is 5.81. The zero-order valence-corrected chi connectivity index (χ0v) is 19.8. The van der Waals surface area contributed by atoms with Crippen LogP contribution in [0.15, 0.2) is 55.1 Å². The normalized spacial score (nSPS) is 18.6. The SMILES string of the molecule is C=C1NCCc2cc(-c3cc(-c4ccc(C5COCCN5C(C)C)cc4)c(F)nc3N)ccc21. The lowest BCUT2D eigenvalue weighted by molar-refractivity contribution is -0.0233. The van der Waals surface area contributed by atoms with Gasteiger partial charge >= 0.3 is 0 Å². The summed E-state index contributed by atoms with van der Waals surface area (Å²) in [6, 6.07) is 16.7. The topological polar surface area (TPSA) is 63.4 Å². The van der Waals surface area contributed by atoms with E-state index >= 15 is 0 Å². The minimum Gasteiger partial charge on any atom is -0.385 e. The van der Waals surface area contributed by atoms with Gasteiger partial charge in [-0.2, -0.15) is 4.39 Å². The van der Waals surface area contributed by atoms with Crippen molar-refractivity contribution in [2.75, 3.05) is 32.0 Å². The fourth-order valence-corrected chi connectivity index (χ4v) is 5.05. The molecule has 0 aliphatic carbocycles. The van der Waals surface area contributed by atoms with E-state index in [4.69, 9.17) is 10.5 Å². The summed E-state index contributed by atoms with van der Waals surface area (Å²) in [6.07, 6.45) is 0.906. The second-order valence-corrected chi connectivity index (χ2v) is 9.33. The highest BCUT2D eigenvalue weighted by Crippen LogP contribution is 2.35. The lowest BCUT2D eigenvalue weighted by Crippen LogP contribution is -2.43. The third-order valence-corrected chi connectivity index (χ3v) is 6.92. The van der Waals surface area contributed by atoms with Gasteiger partial charge in [0.1, 0.15) is 5.82 Å². The Morgan fingerprint density at radius 2 is 1.85 bits per heavy atom. The first-order valence-electron chi connectivity index (χ1n) is 11.9. The van der Waals surface area contributed by atoms with Crippen molar-refractivity contribution < 1.29 is 9.13 Å². The molecule has 3 N–H and O–H groups in total. The molecule has 1 fully saturated rings. The standard InChI is InChI=1S/C28H31FN4O/c1-17(2)33-12-13-34-16-26(33)20-6-4-19(5-7-20)24-15-25(28(30)32-27(24)29)21-8-9-23-18(3)31-11-10-22(23)14-21/h4-9,14-15,17,26,31H,3,10-13,16H2,1-2H3,(H2,30,32). The van der Waals surface area contributed by atoms with Gasteiger partial charge in [0.25, 0.3) is 0 Å². The molecular weight excluding hydrogens is 427 g/mol. The Hall–Kier alpha value is -3.22. The number of hydrogen-bond acceptors (Lipinski definition) is 5. The third kappa shape index (κ3) is 4.19. The number of ether oxygens (including phenoxy) is 1. The smallest absolute Gasteiger partial charge is 0.222 e. The summed E-state index contributed by atoms with van der Waals surface area (Å²) in [5.41, 5.74) is 13.5.